The van der Waals surface area contributed by atoms with Gasteiger partial charge in [0.1, 0.15) is 5.60 Å². The molecule has 2 saturated carbocycles. The maximum absolute atomic E-state index is 11.7. The average Bonchev–Trinajstić information content (AvgIpc) is 3.16. The Morgan fingerprint density at radius 1 is 1.10 bits per heavy atom. The molecule has 20 heavy (non-hydrogen) atoms. The Bertz CT molecular complexity index is 321. The number of alkyl carbamates (subject to hydrolysis) is 1. The van der Waals surface area contributed by atoms with E-state index in [1.54, 1.807) is 0 Å². The summed E-state index contributed by atoms with van der Waals surface area (Å²) in [5.74, 6) is 1.40. The van der Waals surface area contributed by atoms with Crippen molar-refractivity contribution in [3.63, 3.8) is 0 Å². The maximum Gasteiger partial charge on any atom is 0.407 e. The van der Waals surface area contributed by atoms with E-state index in [-0.39, 0.29) is 6.09 Å². The monoisotopic (exact) mass is 282 g/mol. The molecule has 2 aliphatic carbocycles. The standard InChI is InChI=1S/C16H30N2O2/c1-16(2,3)20-15(19)18-11-13-6-4-5-12(9-13)10-17-14-7-8-14/h12-14,17H,4-11H2,1-3H3,(H,18,19)/t12-,13+/m0/s1. The minimum Gasteiger partial charge on any atom is -0.444 e. The minimum absolute atomic E-state index is 0.282. The SMILES string of the molecule is CC(C)(C)OC(=O)NC[C@@H]1CCC[C@H](CNC2CC2)C1. The van der Waals surface area contributed by atoms with E-state index in [0.29, 0.717) is 5.92 Å². The van der Waals surface area contributed by atoms with Gasteiger partial charge in [-0.1, -0.05) is 6.42 Å². The molecule has 2 N–H and O–H groups in total. The second-order valence-electron chi connectivity index (χ2n) is 7.46. The summed E-state index contributed by atoms with van der Waals surface area (Å²) in [5, 5.41) is 6.56. The fourth-order valence-corrected chi connectivity index (χ4v) is 2.94. The maximum atomic E-state index is 11.7. The number of hydrogen-bond acceptors (Lipinski definition) is 3. The summed E-state index contributed by atoms with van der Waals surface area (Å²) in [6, 6.07) is 0.801. The third-order valence-corrected chi connectivity index (χ3v) is 4.10. The van der Waals surface area contributed by atoms with Gasteiger partial charge in [-0.15, -0.1) is 0 Å². The van der Waals surface area contributed by atoms with Crippen molar-refractivity contribution in [2.24, 2.45) is 11.8 Å². The predicted octanol–water partition coefficient (Wildman–Crippen LogP) is 3.07. The van der Waals surface area contributed by atoms with Gasteiger partial charge in [0, 0.05) is 12.6 Å². The van der Waals surface area contributed by atoms with Crippen molar-refractivity contribution in [2.45, 2.75) is 70.9 Å². The lowest BCUT2D eigenvalue weighted by Crippen LogP contribution is -2.37. The van der Waals surface area contributed by atoms with Gasteiger partial charge < -0.3 is 15.4 Å². The van der Waals surface area contributed by atoms with Crippen LogP contribution in [0.4, 0.5) is 4.79 Å². The summed E-state index contributed by atoms with van der Waals surface area (Å²) < 4.78 is 5.28. The minimum atomic E-state index is -0.409. The van der Waals surface area contributed by atoms with Crippen LogP contribution in [0.1, 0.15) is 59.3 Å². The first-order valence-corrected chi connectivity index (χ1v) is 8.12. The van der Waals surface area contributed by atoms with E-state index in [2.05, 4.69) is 10.6 Å². The Morgan fingerprint density at radius 2 is 1.75 bits per heavy atom. The van der Waals surface area contributed by atoms with Gasteiger partial charge in [-0.3, -0.25) is 0 Å². The molecule has 2 fully saturated rings. The van der Waals surface area contributed by atoms with Crippen LogP contribution in [-0.4, -0.2) is 30.8 Å². The number of rotatable bonds is 5. The second-order valence-corrected chi connectivity index (χ2v) is 7.46. The molecule has 0 heterocycles. The van der Waals surface area contributed by atoms with Gasteiger partial charge in [0.25, 0.3) is 0 Å². The molecule has 4 heteroatoms. The van der Waals surface area contributed by atoms with Crippen molar-refractivity contribution < 1.29 is 9.53 Å². The average molecular weight is 282 g/mol. The lowest BCUT2D eigenvalue weighted by atomic mass is 9.81. The molecule has 2 rings (SSSR count). The van der Waals surface area contributed by atoms with E-state index in [9.17, 15) is 4.79 Å². The van der Waals surface area contributed by atoms with Gasteiger partial charge in [0.15, 0.2) is 0 Å². The van der Waals surface area contributed by atoms with E-state index in [1.165, 1.54) is 38.5 Å². The molecule has 0 aliphatic heterocycles. The number of carbonyl (C=O) groups is 1. The van der Waals surface area contributed by atoms with Gasteiger partial charge in [-0.05, 0) is 71.3 Å². The molecule has 116 valence electrons. The first kappa shape index (κ1) is 15.6. The number of hydrogen-bond donors (Lipinski definition) is 2. The first-order valence-electron chi connectivity index (χ1n) is 8.12. The van der Waals surface area contributed by atoms with Crippen LogP contribution in [-0.2, 0) is 4.74 Å². The zero-order chi connectivity index (χ0) is 14.6. The van der Waals surface area contributed by atoms with Crippen molar-refractivity contribution in [2.75, 3.05) is 13.1 Å². The number of ether oxygens (including phenoxy) is 1. The van der Waals surface area contributed by atoms with Crippen molar-refractivity contribution in [3.05, 3.63) is 0 Å². The largest absolute Gasteiger partial charge is 0.444 e. The van der Waals surface area contributed by atoms with Crippen LogP contribution in [0.25, 0.3) is 0 Å². The molecule has 0 radical (unpaired) electrons. The Balaban J connectivity index is 1.63. The zero-order valence-electron chi connectivity index (χ0n) is 13.2. The smallest absolute Gasteiger partial charge is 0.407 e. The van der Waals surface area contributed by atoms with Crippen LogP contribution < -0.4 is 10.6 Å². The Morgan fingerprint density at radius 3 is 2.35 bits per heavy atom. The van der Waals surface area contributed by atoms with Gasteiger partial charge in [0.2, 0.25) is 0 Å². The predicted molar refractivity (Wildman–Crippen MR) is 80.7 cm³/mol. The van der Waals surface area contributed by atoms with E-state index in [4.69, 9.17) is 4.74 Å². The van der Waals surface area contributed by atoms with Crippen LogP contribution in [0.5, 0.6) is 0 Å². The van der Waals surface area contributed by atoms with Gasteiger partial charge in [-0.2, -0.15) is 0 Å². The molecular weight excluding hydrogens is 252 g/mol. The highest BCUT2D eigenvalue weighted by Gasteiger charge is 2.26. The number of nitrogens with one attached hydrogen (secondary N) is 2. The molecule has 4 nitrogen and oxygen atoms in total. The molecule has 0 saturated heterocycles. The normalized spacial score (nSPS) is 27.1. The third-order valence-electron chi connectivity index (χ3n) is 4.10. The van der Waals surface area contributed by atoms with E-state index < -0.39 is 5.60 Å². The summed E-state index contributed by atoms with van der Waals surface area (Å²) in [6.45, 7) is 7.61. The summed E-state index contributed by atoms with van der Waals surface area (Å²) in [6.07, 6.45) is 7.52. The molecule has 0 aromatic heterocycles. The highest BCUT2D eigenvalue weighted by Crippen LogP contribution is 2.29. The Hall–Kier alpha value is -0.770. The first-order chi connectivity index (χ1) is 9.42. The summed E-state index contributed by atoms with van der Waals surface area (Å²) >= 11 is 0. The van der Waals surface area contributed by atoms with Gasteiger partial charge in [-0.25, -0.2) is 4.79 Å². The summed E-state index contributed by atoms with van der Waals surface area (Å²) in [4.78, 5) is 11.7. The van der Waals surface area contributed by atoms with Crippen LogP contribution in [0.3, 0.4) is 0 Å². The molecule has 0 aromatic carbocycles. The topological polar surface area (TPSA) is 50.4 Å². The Labute approximate surface area is 123 Å². The molecule has 0 aromatic rings. The second kappa shape index (κ2) is 6.79. The van der Waals surface area contributed by atoms with Crippen LogP contribution >= 0.6 is 0 Å². The zero-order valence-corrected chi connectivity index (χ0v) is 13.2. The molecule has 1 amide bonds. The van der Waals surface area contributed by atoms with E-state index in [0.717, 1.165) is 25.0 Å². The third kappa shape index (κ3) is 6.12. The number of carbonyl (C=O) groups excluding carboxylic acids is 1. The molecular formula is C16H30N2O2. The van der Waals surface area contributed by atoms with Crippen molar-refractivity contribution in [3.8, 4) is 0 Å². The summed E-state index contributed by atoms with van der Waals surface area (Å²) in [5.41, 5.74) is -0.409. The summed E-state index contributed by atoms with van der Waals surface area (Å²) in [7, 11) is 0. The molecule has 2 atom stereocenters. The van der Waals surface area contributed by atoms with E-state index in [1.807, 2.05) is 20.8 Å². The quantitative estimate of drug-likeness (QED) is 0.815. The highest BCUT2D eigenvalue weighted by molar-refractivity contribution is 5.67. The van der Waals surface area contributed by atoms with Crippen LogP contribution in [0.15, 0.2) is 0 Å². The lowest BCUT2D eigenvalue weighted by Gasteiger charge is -2.30. The fraction of sp³-hybridized carbons (Fsp3) is 0.938. The van der Waals surface area contributed by atoms with Crippen molar-refractivity contribution >= 4 is 6.09 Å². The van der Waals surface area contributed by atoms with Gasteiger partial charge >= 0.3 is 6.09 Å². The Kier molecular flexibility index (Phi) is 5.30. The molecule has 2 aliphatic rings. The number of amides is 1. The molecule has 0 unspecified atom stereocenters. The highest BCUT2D eigenvalue weighted by atomic mass is 16.6. The van der Waals surface area contributed by atoms with E-state index >= 15 is 0 Å². The fourth-order valence-electron chi connectivity index (χ4n) is 2.94. The molecule has 0 spiro atoms. The van der Waals surface area contributed by atoms with Crippen LogP contribution in [0, 0.1) is 11.8 Å². The van der Waals surface area contributed by atoms with Crippen LogP contribution in [0.2, 0.25) is 0 Å². The lowest BCUT2D eigenvalue weighted by molar-refractivity contribution is 0.0512. The van der Waals surface area contributed by atoms with Crippen molar-refractivity contribution in [1.29, 1.82) is 0 Å². The molecule has 0 bridgehead atoms. The van der Waals surface area contributed by atoms with Gasteiger partial charge in [0.05, 0.1) is 0 Å². The van der Waals surface area contributed by atoms with Crippen molar-refractivity contribution in [1.82, 2.24) is 10.6 Å².